The molecule has 0 saturated carbocycles. The molecule has 170 valence electrons. The minimum absolute atomic E-state index is 0.0342. The van der Waals surface area contributed by atoms with Crippen molar-refractivity contribution >= 4 is 39.9 Å². The van der Waals surface area contributed by atoms with Gasteiger partial charge >= 0.3 is 0 Å². The second-order valence-electron chi connectivity index (χ2n) is 7.76. The lowest BCUT2D eigenvalue weighted by atomic mass is 10.0. The lowest BCUT2D eigenvalue weighted by molar-refractivity contribution is -0.116. The number of hydrogen-bond donors (Lipinski definition) is 1. The number of hydrogen-bond acceptors (Lipinski definition) is 5. The number of amides is 1. The summed E-state index contributed by atoms with van der Waals surface area (Å²) in [5.74, 6) is 0.419. The van der Waals surface area contributed by atoms with Crippen LogP contribution in [0, 0.1) is 0 Å². The molecule has 1 N–H and O–H groups in total. The molecule has 5 rings (SSSR count). The van der Waals surface area contributed by atoms with Crippen molar-refractivity contribution in [1.82, 2.24) is 4.57 Å². The molecule has 1 aliphatic heterocycles. The van der Waals surface area contributed by atoms with E-state index in [-0.39, 0.29) is 23.4 Å². The third kappa shape index (κ3) is 4.25. The van der Waals surface area contributed by atoms with Crippen LogP contribution in [0.25, 0.3) is 10.9 Å². The smallest absolute Gasteiger partial charge is 0.244 e. The van der Waals surface area contributed by atoms with Crippen molar-refractivity contribution in [2.24, 2.45) is 0 Å². The van der Waals surface area contributed by atoms with Crippen LogP contribution in [0.4, 0.5) is 5.69 Å². The van der Waals surface area contributed by atoms with Crippen LogP contribution in [0.15, 0.2) is 77.7 Å². The molecule has 0 fully saturated rings. The first-order chi connectivity index (χ1) is 16.5. The van der Waals surface area contributed by atoms with Gasteiger partial charge in [0.15, 0.2) is 17.3 Å². The molecule has 8 heteroatoms. The molecule has 0 radical (unpaired) electrons. The van der Waals surface area contributed by atoms with Gasteiger partial charge in [0.1, 0.15) is 19.8 Å². The molecule has 0 unspecified atom stereocenters. The fourth-order valence-corrected chi connectivity index (χ4v) is 4.06. The Hall–Kier alpha value is -4.10. The van der Waals surface area contributed by atoms with Crippen molar-refractivity contribution in [1.29, 1.82) is 0 Å². The highest BCUT2D eigenvalue weighted by molar-refractivity contribution is 6.31. The predicted octanol–water partition coefficient (Wildman–Crippen LogP) is 4.30. The number of nitrogens with one attached hydrogen (secondary N) is 1. The van der Waals surface area contributed by atoms with E-state index < -0.39 is 11.2 Å². The molecule has 2 heterocycles. The third-order valence-electron chi connectivity index (χ3n) is 5.46. The summed E-state index contributed by atoms with van der Waals surface area (Å²) in [5.41, 5.74) is 0.954. The number of fused-ring (bicyclic) bond motifs is 2. The summed E-state index contributed by atoms with van der Waals surface area (Å²) in [6.07, 6.45) is 1.43. The van der Waals surface area contributed by atoms with Crippen molar-refractivity contribution in [3.8, 4) is 11.5 Å². The van der Waals surface area contributed by atoms with E-state index in [4.69, 9.17) is 21.1 Å². The quantitative estimate of drug-likeness (QED) is 0.436. The highest BCUT2D eigenvalue weighted by Crippen LogP contribution is 2.32. The zero-order chi connectivity index (χ0) is 23.7. The maximum Gasteiger partial charge on any atom is 0.244 e. The lowest BCUT2D eigenvalue weighted by Crippen LogP contribution is -2.24. The number of pyridine rings is 1. The summed E-state index contributed by atoms with van der Waals surface area (Å²) in [7, 11) is 0. The molecule has 0 atom stereocenters. The molecular weight excluding hydrogens is 456 g/mol. The average Bonchev–Trinajstić information content (AvgIpc) is 2.85. The number of aromatic nitrogens is 1. The highest BCUT2D eigenvalue weighted by atomic mass is 35.5. The normalized spacial score (nSPS) is 12.4. The van der Waals surface area contributed by atoms with Crippen LogP contribution in [0.2, 0.25) is 5.02 Å². The van der Waals surface area contributed by atoms with Crippen molar-refractivity contribution in [2.45, 2.75) is 6.54 Å². The standard InChI is InChI=1S/C26H19ClN2O5/c27-17-6-8-21-19(12-17)26(32)20(25(31)16-4-2-1-3-5-16)14-29(21)15-24(30)28-18-7-9-22-23(13-18)34-11-10-33-22/h1-9,12-14H,10-11,15H2,(H,28,30). The van der Waals surface area contributed by atoms with Crippen LogP contribution in [0.5, 0.6) is 11.5 Å². The molecule has 1 aliphatic rings. The van der Waals surface area contributed by atoms with E-state index in [1.54, 1.807) is 65.2 Å². The molecule has 4 aromatic rings. The number of ether oxygens (including phenoxy) is 2. The summed E-state index contributed by atoms with van der Waals surface area (Å²) in [5, 5.41) is 3.45. The van der Waals surface area contributed by atoms with Crippen LogP contribution in [0.3, 0.4) is 0 Å². The van der Waals surface area contributed by atoms with Crippen molar-refractivity contribution in [3.63, 3.8) is 0 Å². The maximum atomic E-state index is 13.1. The lowest BCUT2D eigenvalue weighted by Gasteiger charge is -2.19. The molecule has 1 aromatic heterocycles. The van der Waals surface area contributed by atoms with Gasteiger partial charge in [-0.15, -0.1) is 0 Å². The first-order valence-corrected chi connectivity index (χ1v) is 11.0. The van der Waals surface area contributed by atoms with Crippen molar-refractivity contribution in [3.05, 3.63) is 99.3 Å². The number of ketones is 1. The topological polar surface area (TPSA) is 86.6 Å². The molecule has 3 aromatic carbocycles. The first-order valence-electron chi connectivity index (χ1n) is 10.6. The van der Waals surface area contributed by atoms with Gasteiger partial charge in [0.2, 0.25) is 11.3 Å². The van der Waals surface area contributed by atoms with Gasteiger partial charge < -0.3 is 19.4 Å². The average molecular weight is 475 g/mol. The Morgan fingerprint density at radius 2 is 1.71 bits per heavy atom. The number of carbonyl (C=O) groups excluding carboxylic acids is 2. The van der Waals surface area contributed by atoms with E-state index in [0.717, 1.165) is 0 Å². The second kappa shape index (κ2) is 9.03. The monoisotopic (exact) mass is 474 g/mol. The van der Waals surface area contributed by atoms with Crippen LogP contribution in [-0.4, -0.2) is 29.5 Å². The molecule has 34 heavy (non-hydrogen) atoms. The Morgan fingerprint density at radius 1 is 0.941 bits per heavy atom. The third-order valence-corrected chi connectivity index (χ3v) is 5.70. The summed E-state index contributed by atoms with van der Waals surface area (Å²) in [6, 6.07) is 18.5. The zero-order valence-corrected chi connectivity index (χ0v) is 18.7. The number of carbonyl (C=O) groups is 2. The number of nitrogens with zero attached hydrogens (tertiary/aromatic N) is 1. The van der Waals surface area contributed by atoms with Gasteiger partial charge in [0.25, 0.3) is 0 Å². The van der Waals surface area contributed by atoms with Crippen LogP contribution in [-0.2, 0) is 11.3 Å². The van der Waals surface area contributed by atoms with E-state index in [9.17, 15) is 14.4 Å². The van der Waals surface area contributed by atoms with Gasteiger partial charge in [0.05, 0.1) is 11.1 Å². The maximum absolute atomic E-state index is 13.1. The van der Waals surface area contributed by atoms with E-state index in [2.05, 4.69) is 5.32 Å². The van der Waals surface area contributed by atoms with E-state index >= 15 is 0 Å². The Balaban J connectivity index is 1.50. The van der Waals surface area contributed by atoms with Crippen LogP contribution in [0.1, 0.15) is 15.9 Å². The SMILES string of the molecule is O=C(Cn1cc(C(=O)c2ccccc2)c(=O)c2cc(Cl)ccc21)Nc1ccc2c(c1)OCCO2. The predicted molar refractivity (Wildman–Crippen MR) is 129 cm³/mol. The van der Waals surface area contributed by atoms with Gasteiger partial charge in [-0.3, -0.25) is 14.4 Å². The van der Waals surface area contributed by atoms with Gasteiger partial charge in [-0.25, -0.2) is 0 Å². The molecule has 0 saturated heterocycles. The first kappa shape index (κ1) is 21.7. The number of rotatable bonds is 5. The Morgan fingerprint density at radius 3 is 2.50 bits per heavy atom. The Bertz CT molecular complexity index is 1480. The molecule has 0 aliphatic carbocycles. The number of anilines is 1. The summed E-state index contributed by atoms with van der Waals surface area (Å²) in [6.45, 7) is 0.794. The molecular formula is C26H19ClN2O5. The van der Waals surface area contributed by atoms with Crippen LogP contribution >= 0.6 is 11.6 Å². The minimum atomic E-state index is -0.435. The van der Waals surface area contributed by atoms with Crippen LogP contribution < -0.4 is 20.2 Å². The van der Waals surface area contributed by atoms with Crippen molar-refractivity contribution in [2.75, 3.05) is 18.5 Å². The summed E-state index contributed by atoms with van der Waals surface area (Å²) < 4.78 is 12.6. The highest BCUT2D eigenvalue weighted by Gasteiger charge is 2.19. The molecule has 0 spiro atoms. The molecule has 7 nitrogen and oxygen atoms in total. The van der Waals surface area contributed by atoms with Gasteiger partial charge in [-0.1, -0.05) is 41.9 Å². The van der Waals surface area contributed by atoms with E-state index in [1.165, 1.54) is 12.3 Å². The summed E-state index contributed by atoms with van der Waals surface area (Å²) in [4.78, 5) is 39.1. The fourth-order valence-electron chi connectivity index (χ4n) is 3.88. The molecule has 1 amide bonds. The fraction of sp³-hybridized carbons (Fsp3) is 0.115. The van der Waals surface area contributed by atoms with Gasteiger partial charge in [-0.2, -0.15) is 0 Å². The van der Waals surface area contributed by atoms with Gasteiger partial charge in [0, 0.05) is 33.9 Å². The largest absolute Gasteiger partial charge is 0.486 e. The van der Waals surface area contributed by atoms with Crippen molar-refractivity contribution < 1.29 is 19.1 Å². The van der Waals surface area contributed by atoms with Gasteiger partial charge in [-0.05, 0) is 30.3 Å². The number of benzene rings is 3. The zero-order valence-electron chi connectivity index (χ0n) is 17.9. The number of halogens is 1. The minimum Gasteiger partial charge on any atom is -0.486 e. The Labute approximate surface area is 199 Å². The van der Waals surface area contributed by atoms with E-state index in [0.29, 0.717) is 46.5 Å². The summed E-state index contributed by atoms with van der Waals surface area (Å²) >= 11 is 6.13. The Kier molecular flexibility index (Phi) is 5.77. The second-order valence-corrected chi connectivity index (χ2v) is 8.20. The molecule has 0 bridgehead atoms. The van der Waals surface area contributed by atoms with E-state index in [1.807, 2.05) is 0 Å².